The van der Waals surface area contributed by atoms with Crippen LogP contribution in [0.15, 0.2) is 30.3 Å². The van der Waals surface area contributed by atoms with E-state index in [2.05, 4.69) is 15.3 Å². The largest absolute Gasteiger partial charge is 0.491 e. The number of likely N-dealkylation sites (tertiary alicyclic amines) is 1. The van der Waals surface area contributed by atoms with Crippen LogP contribution in [0.5, 0.6) is 5.75 Å². The summed E-state index contributed by atoms with van der Waals surface area (Å²) < 4.78 is 5.65. The van der Waals surface area contributed by atoms with Gasteiger partial charge in [0.1, 0.15) is 11.4 Å². The van der Waals surface area contributed by atoms with Crippen molar-refractivity contribution in [1.82, 2.24) is 14.9 Å². The monoisotopic (exact) mass is 354 g/mol. The molecule has 0 aliphatic carbocycles. The van der Waals surface area contributed by atoms with Crippen molar-refractivity contribution in [3.8, 4) is 5.75 Å². The first kappa shape index (κ1) is 18.2. The Labute approximate surface area is 154 Å². The summed E-state index contributed by atoms with van der Waals surface area (Å²) in [7, 11) is 0. The van der Waals surface area contributed by atoms with E-state index < -0.39 is 0 Å². The zero-order chi connectivity index (χ0) is 18.5. The van der Waals surface area contributed by atoms with Gasteiger partial charge in [-0.3, -0.25) is 4.79 Å². The fourth-order valence-corrected chi connectivity index (χ4v) is 3.01. The Morgan fingerprint density at radius 3 is 2.46 bits per heavy atom. The van der Waals surface area contributed by atoms with Crippen LogP contribution in [-0.4, -0.2) is 40.0 Å². The van der Waals surface area contributed by atoms with Gasteiger partial charge in [0.05, 0.1) is 6.10 Å². The molecule has 3 rings (SSSR count). The van der Waals surface area contributed by atoms with Crippen LogP contribution in [0.3, 0.4) is 0 Å². The summed E-state index contributed by atoms with van der Waals surface area (Å²) >= 11 is 0. The standard InChI is InChI=1S/C20H26N4O2/c1-14(2)26-17-9-7-16(8-10-17)22-20-21-15(3)13-18(23-20)19(25)24-11-5-4-6-12-24/h7-10,13-14H,4-6,11-12H2,1-3H3,(H,21,22,23). The first-order valence-corrected chi connectivity index (χ1v) is 9.20. The molecule has 1 aromatic carbocycles. The zero-order valence-corrected chi connectivity index (χ0v) is 15.7. The molecule has 0 spiro atoms. The molecule has 0 saturated carbocycles. The van der Waals surface area contributed by atoms with E-state index in [0.29, 0.717) is 11.6 Å². The highest BCUT2D eigenvalue weighted by Crippen LogP contribution is 2.20. The first-order chi connectivity index (χ1) is 12.5. The van der Waals surface area contributed by atoms with Crippen LogP contribution in [0.1, 0.15) is 49.3 Å². The lowest BCUT2D eigenvalue weighted by atomic mass is 10.1. The third kappa shape index (κ3) is 4.71. The maximum Gasteiger partial charge on any atom is 0.272 e. The molecule has 26 heavy (non-hydrogen) atoms. The molecule has 1 aromatic heterocycles. The number of ether oxygens (including phenoxy) is 1. The number of aryl methyl sites for hydroxylation is 1. The van der Waals surface area contributed by atoms with Gasteiger partial charge in [0, 0.05) is 24.5 Å². The van der Waals surface area contributed by atoms with Gasteiger partial charge in [-0.1, -0.05) is 0 Å². The minimum Gasteiger partial charge on any atom is -0.491 e. The Morgan fingerprint density at radius 1 is 1.12 bits per heavy atom. The Hall–Kier alpha value is -2.63. The highest BCUT2D eigenvalue weighted by molar-refractivity contribution is 5.92. The van der Waals surface area contributed by atoms with Crippen molar-refractivity contribution in [1.29, 1.82) is 0 Å². The number of nitrogens with one attached hydrogen (secondary N) is 1. The quantitative estimate of drug-likeness (QED) is 0.881. The van der Waals surface area contributed by atoms with E-state index in [1.165, 1.54) is 6.42 Å². The number of carbonyl (C=O) groups is 1. The number of nitrogens with zero attached hydrogens (tertiary/aromatic N) is 3. The molecule has 0 radical (unpaired) electrons. The molecule has 6 heteroatoms. The molecule has 2 aromatic rings. The highest BCUT2D eigenvalue weighted by atomic mass is 16.5. The van der Waals surface area contributed by atoms with Gasteiger partial charge in [0.15, 0.2) is 0 Å². The Kier molecular flexibility index (Phi) is 5.71. The molecule has 0 bridgehead atoms. The van der Waals surface area contributed by atoms with Gasteiger partial charge in [-0.2, -0.15) is 0 Å². The summed E-state index contributed by atoms with van der Waals surface area (Å²) in [4.78, 5) is 23.4. The second kappa shape index (κ2) is 8.17. The molecule has 1 amide bonds. The number of piperidine rings is 1. The number of anilines is 2. The predicted molar refractivity (Wildman–Crippen MR) is 102 cm³/mol. The van der Waals surface area contributed by atoms with Crippen LogP contribution in [0, 0.1) is 6.92 Å². The van der Waals surface area contributed by atoms with Crippen molar-refractivity contribution in [2.75, 3.05) is 18.4 Å². The molecule has 2 heterocycles. The fraction of sp³-hybridized carbons (Fsp3) is 0.450. The van der Waals surface area contributed by atoms with Crippen molar-refractivity contribution >= 4 is 17.5 Å². The lowest BCUT2D eigenvalue weighted by molar-refractivity contribution is 0.0718. The van der Waals surface area contributed by atoms with E-state index in [-0.39, 0.29) is 12.0 Å². The van der Waals surface area contributed by atoms with Crippen LogP contribution in [-0.2, 0) is 0 Å². The summed E-state index contributed by atoms with van der Waals surface area (Å²) in [5.74, 6) is 1.23. The van der Waals surface area contributed by atoms with Gasteiger partial charge < -0.3 is 15.0 Å². The second-order valence-electron chi connectivity index (χ2n) is 6.89. The number of amides is 1. The molecule has 1 N–H and O–H groups in total. The molecular formula is C20H26N4O2. The summed E-state index contributed by atoms with van der Waals surface area (Å²) in [6, 6.07) is 9.38. The maximum atomic E-state index is 12.7. The summed E-state index contributed by atoms with van der Waals surface area (Å²) in [5.41, 5.74) is 2.06. The lowest BCUT2D eigenvalue weighted by Crippen LogP contribution is -2.36. The molecule has 138 valence electrons. The first-order valence-electron chi connectivity index (χ1n) is 9.20. The van der Waals surface area contributed by atoms with Gasteiger partial charge in [-0.25, -0.2) is 9.97 Å². The smallest absolute Gasteiger partial charge is 0.272 e. The van der Waals surface area contributed by atoms with Crippen LogP contribution >= 0.6 is 0 Å². The van der Waals surface area contributed by atoms with E-state index in [9.17, 15) is 4.79 Å². The summed E-state index contributed by atoms with van der Waals surface area (Å²) in [6.07, 6.45) is 3.45. The minimum absolute atomic E-state index is 0.0149. The Morgan fingerprint density at radius 2 is 1.81 bits per heavy atom. The summed E-state index contributed by atoms with van der Waals surface area (Å²) in [5, 5.41) is 3.17. The fourth-order valence-electron chi connectivity index (χ4n) is 3.01. The van der Waals surface area contributed by atoms with E-state index in [4.69, 9.17) is 4.74 Å². The third-order valence-corrected chi connectivity index (χ3v) is 4.20. The van der Waals surface area contributed by atoms with Crippen molar-refractivity contribution < 1.29 is 9.53 Å². The van der Waals surface area contributed by atoms with Crippen LogP contribution < -0.4 is 10.1 Å². The Bertz CT molecular complexity index is 753. The van der Waals surface area contributed by atoms with Crippen LogP contribution in [0.25, 0.3) is 0 Å². The van der Waals surface area contributed by atoms with Crippen molar-refractivity contribution in [2.45, 2.75) is 46.1 Å². The molecule has 1 aliphatic heterocycles. The number of hydrogen-bond acceptors (Lipinski definition) is 5. The molecule has 6 nitrogen and oxygen atoms in total. The molecule has 1 fully saturated rings. The molecular weight excluding hydrogens is 328 g/mol. The van der Waals surface area contributed by atoms with E-state index >= 15 is 0 Å². The van der Waals surface area contributed by atoms with Crippen LogP contribution in [0.2, 0.25) is 0 Å². The van der Waals surface area contributed by atoms with E-state index in [0.717, 1.165) is 43.1 Å². The average molecular weight is 354 g/mol. The average Bonchev–Trinajstić information content (AvgIpc) is 2.62. The number of carbonyl (C=O) groups excluding carboxylic acids is 1. The normalized spacial score (nSPS) is 14.4. The summed E-state index contributed by atoms with van der Waals surface area (Å²) in [6.45, 7) is 7.48. The third-order valence-electron chi connectivity index (χ3n) is 4.20. The molecule has 1 aliphatic rings. The minimum atomic E-state index is -0.0149. The molecule has 0 unspecified atom stereocenters. The second-order valence-corrected chi connectivity index (χ2v) is 6.89. The van der Waals surface area contributed by atoms with Gasteiger partial charge >= 0.3 is 0 Å². The SMILES string of the molecule is Cc1cc(C(=O)N2CCCCC2)nc(Nc2ccc(OC(C)C)cc2)n1. The van der Waals surface area contributed by atoms with Gasteiger partial charge in [0.25, 0.3) is 5.91 Å². The highest BCUT2D eigenvalue weighted by Gasteiger charge is 2.20. The van der Waals surface area contributed by atoms with Crippen molar-refractivity contribution in [2.24, 2.45) is 0 Å². The maximum absolute atomic E-state index is 12.7. The molecule has 0 atom stereocenters. The van der Waals surface area contributed by atoms with Crippen molar-refractivity contribution in [3.05, 3.63) is 41.7 Å². The van der Waals surface area contributed by atoms with Crippen molar-refractivity contribution in [3.63, 3.8) is 0 Å². The number of aromatic nitrogens is 2. The molecule has 1 saturated heterocycles. The topological polar surface area (TPSA) is 67.4 Å². The number of hydrogen-bond donors (Lipinski definition) is 1. The van der Waals surface area contributed by atoms with E-state index in [1.54, 1.807) is 6.07 Å². The zero-order valence-electron chi connectivity index (χ0n) is 15.7. The number of rotatable bonds is 5. The van der Waals surface area contributed by atoms with Gasteiger partial charge in [0.2, 0.25) is 5.95 Å². The Balaban J connectivity index is 1.74. The lowest BCUT2D eigenvalue weighted by Gasteiger charge is -2.26. The van der Waals surface area contributed by atoms with E-state index in [1.807, 2.05) is 49.9 Å². The number of benzene rings is 1. The van der Waals surface area contributed by atoms with Crippen LogP contribution in [0.4, 0.5) is 11.6 Å². The predicted octanol–water partition coefficient (Wildman–Crippen LogP) is 3.94. The van der Waals surface area contributed by atoms with Gasteiger partial charge in [-0.05, 0) is 70.4 Å². The van der Waals surface area contributed by atoms with Gasteiger partial charge in [-0.15, -0.1) is 0 Å².